The van der Waals surface area contributed by atoms with E-state index in [1.807, 2.05) is 38.3 Å². The molecule has 2 rings (SSSR count). The monoisotopic (exact) mass is 445 g/mol. The lowest BCUT2D eigenvalue weighted by molar-refractivity contribution is 0.481. The van der Waals surface area contributed by atoms with E-state index in [-0.39, 0.29) is 24.0 Å². The van der Waals surface area contributed by atoms with Crippen LogP contribution < -0.4 is 15.5 Å². The molecular formula is C18H32IN5. The summed E-state index contributed by atoms with van der Waals surface area (Å²) in [5.41, 5.74) is 1.17. The Bertz CT molecular complexity index is 498. The van der Waals surface area contributed by atoms with Gasteiger partial charge in [0.2, 0.25) is 0 Å². The second-order valence-corrected chi connectivity index (χ2v) is 6.53. The largest absolute Gasteiger partial charge is 0.362 e. The molecule has 1 heterocycles. The molecule has 1 aliphatic carbocycles. The van der Waals surface area contributed by atoms with Crippen LogP contribution in [0.1, 0.15) is 44.1 Å². The number of nitrogens with one attached hydrogen (secondary N) is 2. The standard InChI is InChI=1S/C18H31N5.HI/c1-19-18(21-13-6-10-15-8-4-5-9-15)22-14-16-11-7-12-20-17(16)23(2)3;/h7,11-12,15H,4-6,8-10,13-14H2,1-3H3,(H2,19,21,22);1H. The van der Waals surface area contributed by atoms with Crippen molar-refractivity contribution in [1.29, 1.82) is 0 Å². The van der Waals surface area contributed by atoms with Crippen LogP contribution in [-0.2, 0) is 6.54 Å². The van der Waals surface area contributed by atoms with E-state index in [4.69, 9.17) is 0 Å². The first-order valence-electron chi connectivity index (χ1n) is 8.76. The number of hydrogen-bond donors (Lipinski definition) is 2. The molecule has 0 saturated heterocycles. The van der Waals surface area contributed by atoms with Gasteiger partial charge < -0.3 is 15.5 Å². The summed E-state index contributed by atoms with van der Waals surface area (Å²) in [4.78, 5) is 10.8. The SMILES string of the molecule is CN=C(NCCCC1CCCC1)NCc1cccnc1N(C)C.I. The number of aromatic nitrogens is 1. The fourth-order valence-corrected chi connectivity index (χ4v) is 3.27. The molecule has 0 aliphatic heterocycles. The highest BCUT2D eigenvalue weighted by molar-refractivity contribution is 14.0. The minimum Gasteiger partial charge on any atom is -0.362 e. The van der Waals surface area contributed by atoms with Crippen molar-refractivity contribution < 1.29 is 0 Å². The second-order valence-electron chi connectivity index (χ2n) is 6.53. The predicted octanol–water partition coefficient (Wildman–Crippen LogP) is 3.40. The Morgan fingerprint density at radius 1 is 1.29 bits per heavy atom. The lowest BCUT2D eigenvalue weighted by Gasteiger charge is -2.17. The maximum atomic E-state index is 4.43. The van der Waals surface area contributed by atoms with Crippen molar-refractivity contribution in [3.8, 4) is 0 Å². The summed E-state index contributed by atoms with van der Waals surface area (Å²) in [6.07, 6.45) is 10.1. The van der Waals surface area contributed by atoms with Crippen molar-refractivity contribution in [3.05, 3.63) is 23.9 Å². The molecule has 24 heavy (non-hydrogen) atoms. The van der Waals surface area contributed by atoms with Gasteiger partial charge in [-0.1, -0.05) is 31.7 Å². The number of rotatable bonds is 7. The molecule has 1 aliphatic rings. The van der Waals surface area contributed by atoms with E-state index in [1.165, 1.54) is 44.1 Å². The summed E-state index contributed by atoms with van der Waals surface area (Å²) >= 11 is 0. The molecule has 0 aromatic carbocycles. The molecule has 5 nitrogen and oxygen atoms in total. The van der Waals surface area contributed by atoms with E-state index in [1.54, 1.807) is 0 Å². The van der Waals surface area contributed by atoms with E-state index in [0.29, 0.717) is 0 Å². The number of pyridine rings is 1. The van der Waals surface area contributed by atoms with Crippen molar-refractivity contribution in [2.24, 2.45) is 10.9 Å². The molecule has 0 radical (unpaired) electrons. The molecule has 1 fully saturated rings. The molecule has 1 aromatic rings. The molecule has 0 bridgehead atoms. The molecule has 136 valence electrons. The first kappa shape index (κ1) is 21.0. The van der Waals surface area contributed by atoms with Crippen LogP contribution in [0.3, 0.4) is 0 Å². The van der Waals surface area contributed by atoms with Crippen LogP contribution in [0.15, 0.2) is 23.3 Å². The fourth-order valence-electron chi connectivity index (χ4n) is 3.27. The topological polar surface area (TPSA) is 52.6 Å². The van der Waals surface area contributed by atoms with Gasteiger partial charge >= 0.3 is 0 Å². The number of aliphatic imine (C=N–C) groups is 1. The lowest BCUT2D eigenvalue weighted by atomic mass is 10.0. The van der Waals surface area contributed by atoms with Crippen LogP contribution in [0.4, 0.5) is 5.82 Å². The van der Waals surface area contributed by atoms with Crippen LogP contribution in [0.2, 0.25) is 0 Å². The Hall–Kier alpha value is -1.05. The third-order valence-electron chi connectivity index (χ3n) is 4.52. The summed E-state index contributed by atoms with van der Waals surface area (Å²) < 4.78 is 0. The average Bonchev–Trinajstić information content (AvgIpc) is 3.07. The highest BCUT2D eigenvalue weighted by atomic mass is 127. The van der Waals surface area contributed by atoms with Crippen LogP contribution in [0, 0.1) is 5.92 Å². The zero-order chi connectivity index (χ0) is 16.5. The smallest absolute Gasteiger partial charge is 0.191 e. The Morgan fingerprint density at radius 2 is 2.04 bits per heavy atom. The summed E-state index contributed by atoms with van der Waals surface area (Å²) in [7, 11) is 5.85. The van der Waals surface area contributed by atoms with Gasteiger partial charge in [-0.25, -0.2) is 4.98 Å². The number of anilines is 1. The molecular weight excluding hydrogens is 413 g/mol. The molecule has 1 aromatic heterocycles. The Morgan fingerprint density at radius 3 is 2.71 bits per heavy atom. The Balaban J connectivity index is 0.00000288. The van der Waals surface area contributed by atoms with Gasteiger partial charge in [0.15, 0.2) is 5.96 Å². The minimum atomic E-state index is 0. The van der Waals surface area contributed by atoms with Gasteiger partial charge in [-0.05, 0) is 24.8 Å². The number of hydrogen-bond acceptors (Lipinski definition) is 3. The number of guanidine groups is 1. The highest BCUT2D eigenvalue weighted by Gasteiger charge is 2.14. The Labute approximate surface area is 163 Å². The summed E-state index contributed by atoms with van der Waals surface area (Å²) in [6.45, 7) is 1.72. The Kier molecular flexibility index (Phi) is 10.1. The van der Waals surface area contributed by atoms with Crippen molar-refractivity contribution in [1.82, 2.24) is 15.6 Å². The van der Waals surface area contributed by atoms with Gasteiger partial charge in [0.25, 0.3) is 0 Å². The normalized spacial score (nSPS) is 15.0. The van der Waals surface area contributed by atoms with E-state index in [0.717, 1.165) is 30.8 Å². The first-order valence-corrected chi connectivity index (χ1v) is 8.76. The third-order valence-corrected chi connectivity index (χ3v) is 4.52. The summed E-state index contributed by atoms with van der Waals surface area (Å²) in [6, 6.07) is 4.07. The van der Waals surface area contributed by atoms with Crippen LogP contribution in [0.5, 0.6) is 0 Å². The lowest BCUT2D eigenvalue weighted by Crippen LogP contribution is -2.37. The van der Waals surface area contributed by atoms with E-state index in [9.17, 15) is 0 Å². The van der Waals surface area contributed by atoms with Crippen LogP contribution in [-0.4, -0.2) is 38.6 Å². The zero-order valence-electron chi connectivity index (χ0n) is 15.2. The molecule has 0 amide bonds. The van der Waals surface area contributed by atoms with Crippen LogP contribution in [0.25, 0.3) is 0 Å². The van der Waals surface area contributed by atoms with Gasteiger partial charge in [-0.15, -0.1) is 24.0 Å². The van der Waals surface area contributed by atoms with Gasteiger partial charge in [0, 0.05) is 46.0 Å². The van der Waals surface area contributed by atoms with Crippen molar-refractivity contribution in [2.75, 3.05) is 32.6 Å². The number of nitrogens with zero attached hydrogens (tertiary/aromatic N) is 3. The summed E-state index contributed by atoms with van der Waals surface area (Å²) in [5.74, 6) is 2.83. The van der Waals surface area contributed by atoms with E-state index < -0.39 is 0 Å². The first-order chi connectivity index (χ1) is 11.2. The number of halogens is 1. The predicted molar refractivity (Wildman–Crippen MR) is 113 cm³/mol. The highest BCUT2D eigenvalue weighted by Crippen LogP contribution is 2.28. The zero-order valence-corrected chi connectivity index (χ0v) is 17.5. The summed E-state index contributed by atoms with van der Waals surface area (Å²) in [5, 5.41) is 6.80. The molecule has 1 saturated carbocycles. The van der Waals surface area contributed by atoms with Crippen molar-refractivity contribution >= 4 is 35.8 Å². The molecule has 6 heteroatoms. The minimum absolute atomic E-state index is 0. The van der Waals surface area contributed by atoms with Crippen molar-refractivity contribution in [2.45, 2.75) is 45.1 Å². The quantitative estimate of drug-likeness (QED) is 0.293. The molecule has 0 unspecified atom stereocenters. The average molecular weight is 445 g/mol. The van der Waals surface area contributed by atoms with Gasteiger partial charge in [0.1, 0.15) is 5.82 Å². The van der Waals surface area contributed by atoms with Gasteiger partial charge in [-0.2, -0.15) is 0 Å². The van der Waals surface area contributed by atoms with Gasteiger partial charge in [0.05, 0.1) is 0 Å². The third kappa shape index (κ3) is 6.83. The second kappa shape index (κ2) is 11.5. The molecule has 0 spiro atoms. The fraction of sp³-hybridized carbons (Fsp3) is 0.667. The maximum Gasteiger partial charge on any atom is 0.191 e. The van der Waals surface area contributed by atoms with E-state index >= 15 is 0 Å². The maximum absolute atomic E-state index is 4.43. The van der Waals surface area contributed by atoms with E-state index in [2.05, 4.69) is 26.7 Å². The van der Waals surface area contributed by atoms with Gasteiger partial charge in [-0.3, -0.25) is 4.99 Å². The van der Waals surface area contributed by atoms with Crippen LogP contribution >= 0.6 is 24.0 Å². The molecule has 0 atom stereocenters. The molecule has 2 N–H and O–H groups in total. The van der Waals surface area contributed by atoms with Crippen molar-refractivity contribution in [3.63, 3.8) is 0 Å².